The van der Waals surface area contributed by atoms with E-state index in [0.29, 0.717) is 0 Å². The van der Waals surface area contributed by atoms with E-state index in [1.54, 1.807) is 11.1 Å². The van der Waals surface area contributed by atoms with Gasteiger partial charge in [0.15, 0.2) is 0 Å². The first kappa shape index (κ1) is 53.4. The molecule has 0 fully saturated rings. The Kier molecular flexibility index (Phi) is 13.2. The molecule has 15 rings (SSSR count). The van der Waals surface area contributed by atoms with Gasteiger partial charge in [0.2, 0.25) is 0 Å². The van der Waals surface area contributed by atoms with E-state index in [1.807, 2.05) is 0 Å². The molecule has 0 nitrogen and oxygen atoms in total. The Labute approximate surface area is 504 Å². The third kappa shape index (κ3) is 8.07. The molecule has 12 aromatic rings. The summed E-state index contributed by atoms with van der Waals surface area (Å²) in [7, 11) is 0. The summed E-state index contributed by atoms with van der Waals surface area (Å²) in [6.07, 6.45) is 14.3. The van der Waals surface area contributed by atoms with Crippen LogP contribution in [0.4, 0.5) is 0 Å². The van der Waals surface area contributed by atoms with Crippen LogP contribution >= 0.6 is 0 Å². The topological polar surface area (TPSA) is 0 Å². The second kappa shape index (κ2) is 21.0. The molecular formula is C85H78. The van der Waals surface area contributed by atoms with E-state index < -0.39 is 0 Å². The molecule has 418 valence electrons. The van der Waals surface area contributed by atoms with Gasteiger partial charge in [-0.25, -0.2) is 0 Å². The summed E-state index contributed by atoms with van der Waals surface area (Å²) in [5.41, 5.74) is 27.6. The van der Waals surface area contributed by atoms with Crippen LogP contribution in [0.15, 0.2) is 218 Å². The van der Waals surface area contributed by atoms with Crippen molar-refractivity contribution in [1.29, 1.82) is 0 Å². The maximum Gasteiger partial charge on any atom is 0.0215 e. The molecule has 0 saturated carbocycles. The van der Waals surface area contributed by atoms with Crippen LogP contribution in [0.3, 0.4) is 0 Å². The van der Waals surface area contributed by atoms with Crippen molar-refractivity contribution < 1.29 is 0 Å². The quantitative estimate of drug-likeness (QED) is 0.0668. The van der Waals surface area contributed by atoms with Gasteiger partial charge >= 0.3 is 0 Å². The Morgan fingerprint density at radius 1 is 0.235 bits per heavy atom. The van der Waals surface area contributed by atoms with E-state index >= 15 is 0 Å². The van der Waals surface area contributed by atoms with Crippen molar-refractivity contribution in [2.24, 2.45) is 0 Å². The van der Waals surface area contributed by atoms with Crippen LogP contribution in [-0.2, 0) is 16.2 Å². The van der Waals surface area contributed by atoms with E-state index in [-0.39, 0.29) is 16.2 Å². The molecule has 0 amide bonds. The number of hydrogen-bond acceptors (Lipinski definition) is 0. The van der Waals surface area contributed by atoms with E-state index in [2.05, 4.69) is 260 Å². The van der Waals surface area contributed by atoms with Gasteiger partial charge in [0, 0.05) is 16.2 Å². The van der Waals surface area contributed by atoms with E-state index in [0.717, 1.165) is 25.7 Å². The maximum absolute atomic E-state index is 2.65. The molecule has 0 atom stereocenters. The number of unbranched alkanes of at least 4 members (excludes halogenated alkanes) is 4. The van der Waals surface area contributed by atoms with Crippen LogP contribution in [-0.4, -0.2) is 0 Å². The van der Waals surface area contributed by atoms with E-state index in [1.165, 1.54) is 195 Å². The number of hydrogen-bond donors (Lipinski definition) is 0. The standard InChI is InChI=1S/C85H78/c1-7-11-25-49-85(50-26-12-8-2)74-38-24-22-28-60(74)62-44-40-58(54-78(62)85)82-71-35-19-17-33-69(71)81(70-34-18-20-36-72(70)82)57-42-46-64-63-45-41-56(52-76(63)84(47-9-3,48-10-4)77(64)53-57)80-67-31-15-13-29-65(67)79(66-30-14-16-32-68(66)80)55-39-43-61-59-27-21-23-37-73(59)83(5,6)75(61)51-55/h13-24,27-46,51-54H,7-12,25-26,47-50H2,1-6H3. The van der Waals surface area contributed by atoms with Gasteiger partial charge in [-0.2, -0.15) is 0 Å². The minimum Gasteiger partial charge on any atom is -0.0654 e. The molecule has 0 unspecified atom stereocenters. The van der Waals surface area contributed by atoms with Crippen molar-refractivity contribution in [3.63, 3.8) is 0 Å². The number of fused-ring (bicyclic) bond motifs is 13. The molecule has 3 aliphatic rings. The van der Waals surface area contributed by atoms with Gasteiger partial charge in [-0.3, -0.25) is 0 Å². The van der Waals surface area contributed by atoms with Gasteiger partial charge in [0.05, 0.1) is 0 Å². The lowest BCUT2D eigenvalue weighted by atomic mass is 9.70. The summed E-state index contributed by atoms with van der Waals surface area (Å²) in [5, 5.41) is 10.5. The van der Waals surface area contributed by atoms with Crippen molar-refractivity contribution in [3.05, 3.63) is 252 Å². The highest BCUT2D eigenvalue weighted by Gasteiger charge is 2.44. The van der Waals surface area contributed by atoms with E-state index in [4.69, 9.17) is 0 Å². The molecule has 0 bridgehead atoms. The van der Waals surface area contributed by atoms with Gasteiger partial charge in [0.25, 0.3) is 0 Å². The lowest BCUT2D eigenvalue weighted by Gasteiger charge is -2.33. The Bertz CT molecular complexity index is 4500. The SMILES string of the molecule is CCCCCC1(CCCCC)c2ccccc2-c2ccc(-c3c4ccccc4c(-c4ccc5c(c4)C(CCC)(CCC)c4cc(-c6c7ccccc7c(-c7ccc8c(c7)C(C)(C)c7ccccc7-8)c7ccccc67)ccc4-5)c4ccccc34)cc21. The third-order valence-electron chi connectivity index (χ3n) is 21.0. The second-order valence-electron chi connectivity index (χ2n) is 26.0. The largest absolute Gasteiger partial charge is 0.0654 e. The predicted octanol–water partition coefficient (Wildman–Crippen LogP) is 24.6. The molecule has 0 aliphatic heterocycles. The van der Waals surface area contributed by atoms with Crippen molar-refractivity contribution in [2.45, 2.75) is 135 Å². The summed E-state index contributed by atoms with van der Waals surface area (Å²) in [6.45, 7) is 14.3. The lowest BCUT2D eigenvalue weighted by Crippen LogP contribution is -2.25. The van der Waals surface area contributed by atoms with Gasteiger partial charge in [-0.15, -0.1) is 0 Å². The minimum atomic E-state index is -0.144. The van der Waals surface area contributed by atoms with Crippen molar-refractivity contribution in [1.82, 2.24) is 0 Å². The highest BCUT2D eigenvalue weighted by molar-refractivity contribution is 6.23. The Morgan fingerprint density at radius 3 is 0.847 bits per heavy atom. The average molecular weight is 1100 g/mol. The molecule has 0 radical (unpaired) electrons. The molecular weight excluding hydrogens is 1020 g/mol. The van der Waals surface area contributed by atoms with E-state index in [9.17, 15) is 0 Å². The summed E-state index contributed by atoms with van der Waals surface area (Å²) in [6, 6.07) is 85.7. The average Bonchev–Trinajstić information content (AvgIpc) is 1.80. The number of benzene rings is 12. The molecule has 0 saturated heterocycles. The molecule has 0 aromatic heterocycles. The summed E-state index contributed by atoms with van der Waals surface area (Å²) in [5.74, 6) is 0. The second-order valence-corrected chi connectivity index (χ2v) is 26.0. The zero-order chi connectivity index (χ0) is 57.6. The van der Waals surface area contributed by atoms with Crippen molar-refractivity contribution >= 4 is 43.1 Å². The van der Waals surface area contributed by atoms with Crippen LogP contribution in [0.1, 0.15) is 152 Å². The first-order valence-electron chi connectivity index (χ1n) is 32.4. The molecule has 0 spiro atoms. The molecule has 0 heteroatoms. The van der Waals surface area contributed by atoms with Crippen LogP contribution in [0, 0.1) is 0 Å². The Hall–Kier alpha value is -8.32. The molecule has 3 aliphatic carbocycles. The van der Waals surface area contributed by atoms with Gasteiger partial charge < -0.3 is 0 Å². The highest BCUT2D eigenvalue weighted by Crippen LogP contribution is 2.59. The maximum atomic E-state index is 2.65. The van der Waals surface area contributed by atoms with Crippen LogP contribution in [0.2, 0.25) is 0 Å². The summed E-state index contributed by atoms with van der Waals surface area (Å²) in [4.78, 5) is 0. The molecule has 0 N–H and O–H groups in total. The molecule has 12 aromatic carbocycles. The van der Waals surface area contributed by atoms with Gasteiger partial charge in [-0.1, -0.05) is 287 Å². The van der Waals surface area contributed by atoms with Gasteiger partial charge in [0.1, 0.15) is 0 Å². The van der Waals surface area contributed by atoms with Gasteiger partial charge in [-0.05, 0) is 204 Å². The highest BCUT2D eigenvalue weighted by atomic mass is 14.5. The van der Waals surface area contributed by atoms with Crippen LogP contribution < -0.4 is 0 Å². The van der Waals surface area contributed by atoms with Crippen LogP contribution in [0.25, 0.3) is 121 Å². The first-order chi connectivity index (χ1) is 41.7. The Morgan fingerprint density at radius 2 is 0.506 bits per heavy atom. The third-order valence-corrected chi connectivity index (χ3v) is 21.0. The van der Waals surface area contributed by atoms with Crippen molar-refractivity contribution in [2.75, 3.05) is 0 Å². The number of rotatable bonds is 16. The Balaban J connectivity index is 0.877. The monoisotopic (exact) mass is 1100 g/mol. The summed E-state index contributed by atoms with van der Waals surface area (Å²) >= 11 is 0. The zero-order valence-corrected chi connectivity index (χ0v) is 50.8. The molecule has 0 heterocycles. The smallest absolute Gasteiger partial charge is 0.0215 e. The fourth-order valence-electron chi connectivity index (χ4n) is 17.3. The lowest BCUT2D eigenvalue weighted by molar-refractivity contribution is 0.405. The fraction of sp³-hybridized carbons (Fsp3) is 0.247. The zero-order valence-electron chi connectivity index (χ0n) is 50.8. The normalized spacial score (nSPS) is 14.6. The van der Waals surface area contributed by atoms with Crippen LogP contribution in [0.5, 0.6) is 0 Å². The summed E-state index contributed by atoms with van der Waals surface area (Å²) < 4.78 is 0. The first-order valence-corrected chi connectivity index (χ1v) is 32.4. The predicted molar refractivity (Wildman–Crippen MR) is 366 cm³/mol. The molecule has 85 heavy (non-hydrogen) atoms. The minimum absolute atomic E-state index is 0.0191. The van der Waals surface area contributed by atoms with Crippen molar-refractivity contribution in [3.8, 4) is 77.9 Å². The fourth-order valence-corrected chi connectivity index (χ4v) is 17.3.